The molecule has 1 aromatic carbocycles. The van der Waals surface area contributed by atoms with Gasteiger partial charge in [-0.2, -0.15) is 5.10 Å². The maximum absolute atomic E-state index is 11.7. The number of amides is 2. The molecule has 0 saturated heterocycles. The standard InChI is InChI=1S/C16H17N3O5/c20-10-15(21)19-18-8-12-3-5-13(6-4-12)24-11-16(22)17-9-14-2-1-7-23-14/h1-8,20H,9-11H2,(H,17,22)(H,19,21). The first-order valence-corrected chi connectivity index (χ1v) is 7.12. The van der Waals surface area contributed by atoms with E-state index in [1.165, 1.54) is 12.5 Å². The fourth-order valence-electron chi connectivity index (χ4n) is 1.66. The second-order valence-corrected chi connectivity index (χ2v) is 4.67. The summed E-state index contributed by atoms with van der Waals surface area (Å²) in [5, 5.41) is 14.9. The topological polar surface area (TPSA) is 113 Å². The lowest BCUT2D eigenvalue weighted by molar-refractivity contribution is -0.124. The van der Waals surface area contributed by atoms with Crippen molar-refractivity contribution in [3.8, 4) is 5.75 Å². The van der Waals surface area contributed by atoms with Gasteiger partial charge in [-0.15, -0.1) is 0 Å². The normalized spacial score (nSPS) is 10.5. The summed E-state index contributed by atoms with van der Waals surface area (Å²) in [5.74, 6) is 0.343. The van der Waals surface area contributed by atoms with Gasteiger partial charge < -0.3 is 19.6 Å². The van der Waals surface area contributed by atoms with E-state index in [1.807, 2.05) is 0 Å². The minimum Gasteiger partial charge on any atom is -0.484 e. The molecular weight excluding hydrogens is 314 g/mol. The predicted octanol–water partition coefficient (Wildman–Crippen LogP) is 0.417. The van der Waals surface area contributed by atoms with Crippen LogP contribution in [0.1, 0.15) is 11.3 Å². The molecule has 2 amide bonds. The molecule has 1 aromatic heterocycles. The Kier molecular flexibility index (Phi) is 6.54. The summed E-state index contributed by atoms with van der Waals surface area (Å²) in [6, 6.07) is 10.3. The first-order chi connectivity index (χ1) is 11.7. The van der Waals surface area contributed by atoms with Crippen molar-refractivity contribution in [3.05, 3.63) is 54.0 Å². The Morgan fingerprint density at radius 2 is 2.00 bits per heavy atom. The molecule has 3 N–H and O–H groups in total. The van der Waals surface area contributed by atoms with Crippen LogP contribution in [0.2, 0.25) is 0 Å². The minimum atomic E-state index is -0.619. The van der Waals surface area contributed by atoms with Crippen LogP contribution >= 0.6 is 0 Å². The van der Waals surface area contributed by atoms with Crippen LogP contribution in [-0.4, -0.2) is 36.3 Å². The van der Waals surface area contributed by atoms with Crippen molar-refractivity contribution in [2.75, 3.05) is 13.2 Å². The highest BCUT2D eigenvalue weighted by Crippen LogP contribution is 2.10. The Balaban J connectivity index is 1.73. The zero-order chi connectivity index (χ0) is 17.2. The third-order valence-electron chi connectivity index (χ3n) is 2.84. The van der Waals surface area contributed by atoms with Crippen molar-refractivity contribution in [2.45, 2.75) is 6.54 Å². The smallest absolute Gasteiger partial charge is 0.265 e. The van der Waals surface area contributed by atoms with Crippen LogP contribution in [0.15, 0.2) is 52.2 Å². The van der Waals surface area contributed by atoms with Crippen LogP contribution in [0.25, 0.3) is 0 Å². The molecule has 0 unspecified atom stereocenters. The molecule has 8 nitrogen and oxygen atoms in total. The number of nitrogens with zero attached hydrogens (tertiary/aromatic N) is 1. The highest BCUT2D eigenvalue weighted by atomic mass is 16.5. The fraction of sp³-hybridized carbons (Fsp3) is 0.188. The molecule has 0 radical (unpaired) electrons. The quantitative estimate of drug-likeness (QED) is 0.479. The van der Waals surface area contributed by atoms with E-state index in [1.54, 1.807) is 36.4 Å². The Hall–Kier alpha value is -3.13. The van der Waals surface area contributed by atoms with E-state index >= 15 is 0 Å². The van der Waals surface area contributed by atoms with Crippen LogP contribution < -0.4 is 15.5 Å². The average molecular weight is 331 g/mol. The van der Waals surface area contributed by atoms with E-state index < -0.39 is 12.5 Å². The Morgan fingerprint density at radius 3 is 2.67 bits per heavy atom. The number of ether oxygens (including phenoxy) is 1. The zero-order valence-corrected chi connectivity index (χ0v) is 12.8. The molecular formula is C16H17N3O5. The summed E-state index contributed by atoms with van der Waals surface area (Å²) in [6.07, 6.45) is 2.96. The van der Waals surface area contributed by atoms with E-state index in [2.05, 4.69) is 15.8 Å². The van der Waals surface area contributed by atoms with Crippen molar-refractivity contribution < 1.29 is 23.8 Å². The molecule has 126 valence electrons. The van der Waals surface area contributed by atoms with Gasteiger partial charge in [-0.05, 0) is 42.0 Å². The molecule has 0 spiro atoms. The van der Waals surface area contributed by atoms with Gasteiger partial charge in [0.15, 0.2) is 6.61 Å². The highest BCUT2D eigenvalue weighted by Gasteiger charge is 2.04. The lowest BCUT2D eigenvalue weighted by Gasteiger charge is -2.06. The van der Waals surface area contributed by atoms with Crippen molar-refractivity contribution >= 4 is 18.0 Å². The summed E-state index contributed by atoms with van der Waals surface area (Å²) >= 11 is 0. The zero-order valence-electron chi connectivity index (χ0n) is 12.8. The maximum atomic E-state index is 11.7. The third-order valence-corrected chi connectivity index (χ3v) is 2.84. The van der Waals surface area contributed by atoms with Crippen molar-refractivity contribution in [3.63, 3.8) is 0 Å². The number of furan rings is 1. The van der Waals surface area contributed by atoms with Crippen LogP contribution in [0.5, 0.6) is 5.75 Å². The van der Waals surface area contributed by atoms with Gasteiger partial charge in [-0.1, -0.05) is 0 Å². The molecule has 2 aromatic rings. The molecule has 0 aliphatic carbocycles. The summed E-state index contributed by atoms with van der Waals surface area (Å²) in [4.78, 5) is 22.4. The second kappa shape index (κ2) is 9.11. The van der Waals surface area contributed by atoms with Gasteiger partial charge in [0.2, 0.25) is 0 Å². The second-order valence-electron chi connectivity index (χ2n) is 4.67. The summed E-state index contributed by atoms with van der Waals surface area (Å²) in [7, 11) is 0. The number of aliphatic hydroxyl groups is 1. The van der Waals surface area contributed by atoms with Crippen LogP contribution in [0.4, 0.5) is 0 Å². The molecule has 1 heterocycles. The fourth-order valence-corrected chi connectivity index (χ4v) is 1.66. The van der Waals surface area contributed by atoms with Gasteiger partial charge in [-0.25, -0.2) is 5.43 Å². The SMILES string of the molecule is O=C(COc1ccc(C=NNC(=O)CO)cc1)NCc1ccco1. The molecule has 8 heteroatoms. The lowest BCUT2D eigenvalue weighted by Crippen LogP contribution is -2.28. The van der Waals surface area contributed by atoms with E-state index in [0.717, 1.165) is 5.56 Å². The molecule has 0 bridgehead atoms. The highest BCUT2D eigenvalue weighted by molar-refractivity contribution is 5.82. The molecule has 0 aliphatic heterocycles. The van der Waals surface area contributed by atoms with Crippen molar-refractivity contribution in [1.82, 2.24) is 10.7 Å². The number of benzene rings is 1. The number of carbonyl (C=O) groups is 2. The lowest BCUT2D eigenvalue weighted by atomic mass is 10.2. The molecule has 0 aliphatic rings. The van der Waals surface area contributed by atoms with Crippen LogP contribution in [-0.2, 0) is 16.1 Å². The largest absolute Gasteiger partial charge is 0.484 e. The van der Waals surface area contributed by atoms with Gasteiger partial charge in [-0.3, -0.25) is 9.59 Å². The van der Waals surface area contributed by atoms with E-state index in [4.69, 9.17) is 14.3 Å². The third kappa shape index (κ3) is 5.93. The van der Waals surface area contributed by atoms with Crippen molar-refractivity contribution in [2.24, 2.45) is 5.10 Å². The summed E-state index contributed by atoms with van der Waals surface area (Å²) in [5.41, 5.74) is 2.87. The van der Waals surface area contributed by atoms with E-state index in [-0.39, 0.29) is 12.5 Å². The molecule has 24 heavy (non-hydrogen) atoms. The van der Waals surface area contributed by atoms with Gasteiger partial charge >= 0.3 is 0 Å². The Labute approximate surface area is 138 Å². The van der Waals surface area contributed by atoms with Crippen molar-refractivity contribution in [1.29, 1.82) is 0 Å². The van der Waals surface area contributed by atoms with Crippen LogP contribution in [0.3, 0.4) is 0 Å². The average Bonchev–Trinajstić information content (AvgIpc) is 3.12. The Morgan fingerprint density at radius 1 is 1.21 bits per heavy atom. The molecule has 0 atom stereocenters. The summed E-state index contributed by atoms with van der Waals surface area (Å²) in [6.45, 7) is -0.420. The number of rotatable bonds is 8. The van der Waals surface area contributed by atoms with Gasteiger partial charge in [0.1, 0.15) is 18.1 Å². The predicted molar refractivity (Wildman–Crippen MR) is 85.3 cm³/mol. The van der Waals surface area contributed by atoms with E-state index in [0.29, 0.717) is 18.1 Å². The number of nitrogens with one attached hydrogen (secondary N) is 2. The number of carbonyl (C=O) groups excluding carboxylic acids is 2. The Bertz CT molecular complexity index is 680. The molecule has 0 saturated carbocycles. The summed E-state index contributed by atoms with van der Waals surface area (Å²) < 4.78 is 10.5. The first-order valence-electron chi connectivity index (χ1n) is 7.12. The monoisotopic (exact) mass is 331 g/mol. The van der Waals surface area contributed by atoms with Gasteiger partial charge in [0, 0.05) is 0 Å². The number of hydrazone groups is 1. The maximum Gasteiger partial charge on any atom is 0.265 e. The van der Waals surface area contributed by atoms with Gasteiger partial charge in [0.25, 0.3) is 11.8 Å². The number of aliphatic hydroxyl groups excluding tert-OH is 1. The number of hydrogen-bond donors (Lipinski definition) is 3. The molecule has 0 fully saturated rings. The first kappa shape index (κ1) is 17.2. The van der Waals surface area contributed by atoms with Crippen LogP contribution in [0, 0.1) is 0 Å². The molecule has 2 rings (SSSR count). The number of hydrogen-bond acceptors (Lipinski definition) is 6. The van der Waals surface area contributed by atoms with E-state index in [9.17, 15) is 9.59 Å². The van der Waals surface area contributed by atoms with Gasteiger partial charge in [0.05, 0.1) is 19.0 Å². The minimum absolute atomic E-state index is 0.110.